The first kappa shape index (κ1) is 35.2. The molecule has 0 aliphatic rings. The molecule has 0 saturated carbocycles. The predicted octanol–water partition coefficient (Wildman–Crippen LogP) is 17.2. The number of furan rings is 1. The first-order valence-electron chi connectivity index (χ1n) is 20.7. The molecule has 0 saturated heterocycles. The number of thiophene rings is 1. The Labute approximate surface area is 357 Å². The molecule has 286 valence electrons. The summed E-state index contributed by atoms with van der Waals surface area (Å²) >= 11 is 1.86. The summed E-state index contributed by atoms with van der Waals surface area (Å²) in [4.78, 5) is 2.40. The third-order valence-corrected chi connectivity index (χ3v) is 13.2. The summed E-state index contributed by atoms with van der Waals surface area (Å²) in [5.74, 6) is 0. The van der Waals surface area contributed by atoms with Crippen LogP contribution in [-0.2, 0) is 0 Å². The summed E-state index contributed by atoms with van der Waals surface area (Å²) in [5, 5.41) is 7.40. The normalized spacial score (nSPS) is 11.6. The molecule has 12 rings (SSSR count). The zero-order valence-electron chi connectivity index (χ0n) is 33.1. The van der Waals surface area contributed by atoms with Crippen LogP contribution < -0.4 is 4.90 Å². The van der Waals surface area contributed by atoms with Crippen LogP contribution in [0, 0.1) is 0 Å². The van der Waals surface area contributed by atoms with E-state index in [2.05, 4.69) is 217 Å². The molecule has 12 aromatic rings. The van der Waals surface area contributed by atoms with Crippen molar-refractivity contribution in [1.82, 2.24) is 0 Å². The van der Waals surface area contributed by atoms with Crippen molar-refractivity contribution in [1.29, 1.82) is 0 Å². The van der Waals surface area contributed by atoms with Gasteiger partial charge in [0.15, 0.2) is 0 Å². The van der Waals surface area contributed by atoms with E-state index < -0.39 is 0 Å². The molecule has 0 radical (unpaired) electrons. The minimum atomic E-state index is 0.899. The van der Waals surface area contributed by atoms with Gasteiger partial charge in [0.2, 0.25) is 0 Å². The molecular weight excluding hydrogens is 759 g/mol. The molecule has 0 N–H and O–H groups in total. The lowest BCUT2D eigenvalue weighted by atomic mass is 9.94. The Morgan fingerprint density at radius 1 is 0.328 bits per heavy atom. The van der Waals surface area contributed by atoms with Crippen molar-refractivity contribution in [3.05, 3.63) is 224 Å². The van der Waals surface area contributed by atoms with E-state index in [0.29, 0.717) is 0 Å². The van der Waals surface area contributed by atoms with Crippen LogP contribution in [0.2, 0.25) is 0 Å². The second-order valence-corrected chi connectivity index (χ2v) is 16.7. The third kappa shape index (κ3) is 6.09. The highest BCUT2D eigenvalue weighted by Crippen LogP contribution is 2.44. The fourth-order valence-corrected chi connectivity index (χ4v) is 10.3. The van der Waals surface area contributed by atoms with Crippen LogP contribution in [0.1, 0.15) is 0 Å². The van der Waals surface area contributed by atoms with E-state index in [1.165, 1.54) is 53.2 Å². The van der Waals surface area contributed by atoms with E-state index >= 15 is 0 Å². The number of fused-ring (bicyclic) bond motifs is 7. The quantitative estimate of drug-likeness (QED) is 0.160. The van der Waals surface area contributed by atoms with Crippen molar-refractivity contribution in [3.63, 3.8) is 0 Å². The summed E-state index contributed by atoms with van der Waals surface area (Å²) in [6, 6.07) is 81.3. The van der Waals surface area contributed by atoms with E-state index in [4.69, 9.17) is 4.42 Å². The molecule has 0 bridgehead atoms. The standard InChI is InChI=1S/C58H37NOS/c1-2-16-46-39(12-1)13-10-20-47(46)42-14-9-15-43(36-42)48-17-3-6-22-53(48)59(44-31-26-38(27-32-44)41-30-35-51-50-18-5-8-25-56(50)61-57(51)37-41)45-33-28-40(29-34-45)49-21-11-24-55-58(49)52-19-4-7-23-54(52)60-55/h1-37H. The van der Waals surface area contributed by atoms with Gasteiger partial charge in [-0.3, -0.25) is 0 Å². The topological polar surface area (TPSA) is 16.4 Å². The molecule has 2 heterocycles. The molecule has 10 aromatic carbocycles. The number of para-hydroxylation sites is 2. The van der Waals surface area contributed by atoms with Crippen molar-refractivity contribution in [3.8, 4) is 44.5 Å². The molecule has 0 unspecified atom stereocenters. The van der Waals surface area contributed by atoms with Gasteiger partial charge in [-0.25, -0.2) is 0 Å². The van der Waals surface area contributed by atoms with Crippen molar-refractivity contribution >= 4 is 81.3 Å². The smallest absolute Gasteiger partial charge is 0.136 e. The zero-order valence-corrected chi connectivity index (χ0v) is 33.9. The maximum absolute atomic E-state index is 6.27. The van der Waals surface area contributed by atoms with Gasteiger partial charge in [0, 0.05) is 47.9 Å². The second kappa shape index (κ2) is 14.5. The predicted molar refractivity (Wildman–Crippen MR) is 261 cm³/mol. The van der Waals surface area contributed by atoms with Crippen molar-refractivity contribution < 1.29 is 4.42 Å². The van der Waals surface area contributed by atoms with Crippen molar-refractivity contribution in [2.75, 3.05) is 4.90 Å². The number of benzene rings is 10. The molecule has 0 fully saturated rings. The highest BCUT2D eigenvalue weighted by molar-refractivity contribution is 7.25. The maximum Gasteiger partial charge on any atom is 0.136 e. The van der Waals surface area contributed by atoms with E-state index in [1.807, 2.05) is 23.5 Å². The SMILES string of the molecule is c1cc(-c2ccccc2N(c2ccc(-c3ccc4c(c3)sc3ccccc34)cc2)c2ccc(-c3cccc4oc5ccccc5c34)cc2)cc(-c2cccc3ccccc23)c1. The third-order valence-electron chi connectivity index (χ3n) is 12.1. The lowest BCUT2D eigenvalue weighted by molar-refractivity contribution is 0.669. The van der Waals surface area contributed by atoms with Gasteiger partial charge in [-0.15, -0.1) is 11.3 Å². The van der Waals surface area contributed by atoms with Gasteiger partial charge in [0.05, 0.1) is 5.69 Å². The second-order valence-electron chi connectivity index (χ2n) is 15.6. The molecule has 0 amide bonds. The Morgan fingerprint density at radius 2 is 0.902 bits per heavy atom. The fourth-order valence-electron chi connectivity index (χ4n) is 9.19. The number of nitrogens with zero attached hydrogens (tertiary/aromatic N) is 1. The van der Waals surface area contributed by atoms with Crippen LogP contribution >= 0.6 is 11.3 Å². The molecule has 3 heteroatoms. The summed E-state index contributed by atoms with van der Waals surface area (Å²) in [7, 11) is 0. The van der Waals surface area contributed by atoms with E-state index in [1.54, 1.807) is 0 Å². The van der Waals surface area contributed by atoms with Gasteiger partial charge in [-0.05, 0) is 110 Å². The summed E-state index contributed by atoms with van der Waals surface area (Å²) < 4.78 is 8.90. The Kier molecular flexibility index (Phi) is 8.39. The monoisotopic (exact) mass is 795 g/mol. The van der Waals surface area contributed by atoms with Gasteiger partial charge in [-0.1, -0.05) is 164 Å². The highest BCUT2D eigenvalue weighted by atomic mass is 32.1. The minimum absolute atomic E-state index is 0.899. The van der Waals surface area contributed by atoms with Crippen LogP contribution in [0.3, 0.4) is 0 Å². The average Bonchev–Trinajstić information content (AvgIpc) is 3.90. The van der Waals surface area contributed by atoms with Crippen LogP contribution in [0.4, 0.5) is 17.1 Å². The lowest BCUT2D eigenvalue weighted by Gasteiger charge is -2.28. The van der Waals surface area contributed by atoms with E-state index in [9.17, 15) is 0 Å². The van der Waals surface area contributed by atoms with Crippen LogP contribution in [0.15, 0.2) is 229 Å². The highest BCUT2D eigenvalue weighted by Gasteiger charge is 2.19. The fraction of sp³-hybridized carbons (Fsp3) is 0. The van der Waals surface area contributed by atoms with Crippen LogP contribution in [-0.4, -0.2) is 0 Å². The summed E-state index contributed by atoms with van der Waals surface area (Å²) in [5.41, 5.74) is 14.5. The molecule has 0 spiro atoms. The maximum atomic E-state index is 6.27. The molecule has 2 nitrogen and oxygen atoms in total. The largest absolute Gasteiger partial charge is 0.456 e. The Morgan fingerprint density at radius 3 is 1.75 bits per heavy atom. The van der Waals surface area contributed by atoms with Crippen LogP contribution in [0.5, 0.6) is 0 Å². The van der Waals surface area contributed by atoms with Crippen molar-refractivity contribution in [2.45, 2.75) is 0 Å². The van der Waals surface area contributed by atoms with Gasteiger partial charge in [0.1, 0.15) is 11.2 Å². The van der Waals surface area contributed by atoms with E-state index in [0.717, 1.165) is 61.3 Å². The van der Waals surface area contributed by atoms with Gasteiger partial charge < -0.3 is 9.32 Å². The summed E-state index contributed by atoms with van der Waals surface area (Å²) in [6.07, 6.45) is 0. The Balaban J connectivity index is 0.983. The molecule has 0 aliphatic carbocycles. The number of hydrogen-bond acceptors (Lipinski definition) is 3. The first-order chi connectivity index (χ1) is 30.2. The average molecular weight is 796 g/mol. The van der Waals surface area contributed by atoms with Gasteiger partial charge >= 0.3 is 0 Å². The van der Waals surface area contributed by atoms with Crippen LogP contribution in [0.25, 0.3) is 97.4 Å². The van der Waals surface area contributed by atoms with E-state index in [-0.39, 0.29) is 0 Å². The van der Waals surface area contributed by atoms with Gasteiger partial charge in [-0.2, -0.15) is 0 Å². The summed E-state index contributed by atoms with van der Waals surface area (Å²) in [6.45, 7) is 0. The zero-order chi connectivity index (χ0) is 40.3. The van der Waals surface area contributed by atoms with Crippen molar-refractivity contribution in [2.24, 2.45) is 0 Å². The number of anilines is 3. The number of rotatable bonds is 7. The Hall–Kier alpha value is -7.72. The lowest BCUT2D eigenvalue weighted by Crippen LogP contribution is -2.11. The first-order valence-corrected chi connectivity index (χ1v) is 21.6. The number of hydrogen-bond donors (Lipinski definition) is 0. The Bertz CT molecular complexity index is 3590. The minimum Gasteiger partial charge on any atom is -0.456 e. The molecular formula is C58H37NOS. The molecule has 61 heavy (non-hydrogen) atoms. The van der Waals surface area contributed by atoms with Gasteiger partial charge in [0.25, 0.3) is 0 Å². The molecule has 0 atom stereocenters. The molecule has 0 aliphatic heterocycles. The molecule has 2 aromatic heterocycles.